The predicted octanol–water partition coefficient (Wildman–Crippen LogP) is 0.808. The van der Waals surface area contributed by atoms with Gasteiger partial charge in [-0.15, -0.1) is 0 Å². The number of aryl methyl sites for hydroxylation is 1. The molecule has 1 rings (SSSR count). The summed E-state index contributed by atoms with van der Waals surface area (Å²) >= 11 is 0. The van der Waals surface area contributed by atoms with Crippen LogP contribution in [-0.2, 0) is 0 Å². The van der Waals surface area contributed by atoms with Crippen molar-refractivity contribution in [2.24, 2.45) is 0 Å². The Balaban J connectivity index is 3.09. The Morgan fingerprint density at radius 1 is 1.36 bits per heavy atom. The van der Waals surface area contributed by atoms with Crippen molar-refractivity contribution in [3.63, 3.8) is 0 Å². The van der Waals surface area contributed by atoms with Crippen LogP contribution >= 0.6 is 0 Å². The Morgan fingerprint density at radius 3 is 2.57 bits per heavy atom. The molecule has 0 spiro atoms. The molecule has 1 aromatic rings. The molecule has 0 bridgehead atoms. The van der Waals surface area contributed by atoms with Crippen LogP contribution in [0.15, 0.2) is 12.1 Å². The topological polar surface area (TPSA) is 69.6 Å². The summed E-state index contributed by atoms with van der Waals surface area (Å²) in [4.78, 5) is 11.4. The van der Waals surface area contributed by atoms with E-state index < -0.39 is 0 Å². The van der Waals surface area contributed by atoms with Crippen molar-refractivity contribution >= 4 is 5.78 Å². The smallest absolute Gasteiger partial charge is 0.180 e. The predicted molar refractivity (Wildman–Crippen MR) is 52.8 cm³/mol. The molecule has 76 valence electrons. The molecule has 3 N–H and O–H groups in total. The Kier molecular flexibility index (Phi) is 3.09. The van der Waals surface area contributed by atoms with Crippen LogP contribution in [0, 0.1) is 6.92 Å². The Hall–Kier alpha value is -1.55. The number of Topliss-reactive ketones (excluding diaryl/α,β-unsaturated/α-hetero) is 1. The molecule has 0 aliphatic heterocycles. The van der Waals surface area contributed by atoms with Crippen LogP contribution in [0.2, 0.25) is 0 Å². The summed E-state index contributed by atoms with van der Waals surface area (Å²) in [5, 5.41) is 21.4. The molecular weight excluding hydrogens is 182 g/mol. The Bertz CT molecular complexity index is 361. The van der Waals surface area contributed by atoms with E-state index >= 15 is 0 Å². The van der Waals surface area contributed by atoms with Crippen molar-refractivity contribution in [1.82, 2.24) is 5.32 Å². The van der Waals surface area contributed by atoms with Crippen LogP contribution in [0.4, 0.5) is 0 Å². The van der Waals surface area contributed by atoms with Gasteiger partial charge in [0.25, 0.3) is 0 Å². The number of likely N-dealkylation sites (N-methyl/N-ethyl adjacent to an activating group) is 1. The lowest BCUT2D eigenvalue weighted by Crippen LogP contribution is -2.18. The van der Waals surface area contributed by atoms with Gasteiger partial charge in [0.2, 0.25) is 0 Å². The molecule has 4 heteroatoms. The molecule has 14 heavy (non-hydrogen) atoms. The number of ketones is 1. The third-order valence-corrected chi connectivity index (χ3v) is 1.95. The fourth-order valence-corrected chi connectivity index (χ4v) is 1.16. The van der Waals surface area contributed by atoms with Gasteiger partial charge in [-0.3, -0.25) is 4.79 Å². The summed E-state index contributed by atoms with van der Waals surface area (Å²) in [7, 11) is 1.65. The van der Waals surface area contributed by atoms with Crippen LogP contribution in [-0.4, -0.2) is 29.6 Å². The van der Waals surface area contributed by atoms with Crippen LogP contribution in [0.1, 0.15) is 15.9 Å². The van der Waals surface area contributed by atoms with Crippen LogP contribution in [0.5, 0.6) is 11.5 Å². The maximum Gasteiger partial charge on any atom is 0.180 e. The van der Waals surface area contributed by atoms with Gasteiger partial charge in [-0.1, -0.05) is 0 Å². The van der Waals surface area contributed by atoms with Gasteiger partial charge in [0.15, 0.2) is 5.78 Å². The molecule has 0 aromatic heterocycles. The van der Waals surface area contributed by atoms with Gasteiger partial charge in [0.1, 0.15) is 11.5 Å². The summed E-state index contributed by atoms with van der Waals surface area (Å²) < 4.78 is 0. The Labute approximate surface area is 82.2 Å². The van der Waals surface area contributed by atoms with Gasteiger partial charge < -0.3 is 15.5 Å². The minimum absolute atomic E-state index is 0.0106. The van der Waals surface area contributed by atoms with Crippen molar-refractivity contribution in [1.29, 1.82) is 0 Å². The average molecular weight is 195 g/mol. The summed E-state index contributed by atoms with van der Waals surface area (Å²) in [6, 6.07) is 2.66. The van der Waals surface area contributed by atoms with Crippen LogP contribution in [0.3, 0.4) is 0 Å². The number of phenols is 2. The molecule has 0 heterocycles. The van der Waals surface area contributed by atoms with E-state index in [4.69, 9.17) is 0 Å². The first-order chi connectivity index (χ1) is 6.56. The molecule has 0 aliphatic carbocycles. The van der Waals surface area contributed by atoms with E-state index in [0.717, 1.165) is 0 Å². The highest BCUT2D eigenvalue weighted by Gasteiger charge is 2.12. The van der Waals surface area contributed by atoms with E-state index in [9.17, 15) is 15.0 Å². The van der Waals surface area contributed by atoms with E-state index in [1.165, 1.54) is 12.1 Å². The number of hydrogen-bond donors (Lipinski definition) is 3. The molecule has 4 nitrogen and oxygen atoms in total. The maximum atomic E-state index is 11.4. The molecule has 0 unspecified atom stereocenters. The summed E-state index contributed by atoms with van der Waals surface area (Å²) in [5.41, 5.74) is 0.803. The first kappa shape index (κ1) is 10.5. The van der Waals surface area contributed by atoms with Crippen molar-refractivity contribution < 1.29 is 15.0 Å². The highest BCUT2D eigenvalue weighted by molar-refractivity contribution is 6.00. The number of aromatic hydroxyl groups is 2. The highest BCUT2D eigenvalue weighted by atomic mass is 16.3. The third-order valence-electron chi connectivity index (χ3n) is 1.95. The standard InChI is InChI=1S/C10H13NO3/c1-6-3-7(10(14)5-11-2)9(13)4-8(6)12/h3-4,11-13H,5H2,1-2H3. The molecule has 0 aliphatic rings. The second kappa shape index (κ2) is 4.11. The normalized spacial score (nSPS) is 10.1. The van der Waals surface area contributed by atoms with E-state index in [-0.39, 0.29) is 29.4 Å². The second-order valence-corrected chi connectivity index (χ2v) is 3.11. The number of hydrogen-bond acceptors (Lipinski definition) is 4. The first-order valence-corrected chi connectivity index (χ1v) is 4.26. The molecule has 0 fully saturated rings. The number of nitrogens with one attached hydrogen (secondary N) is 1. The fourth-order valence-electron chi connectivity index (χ4n) is 1.16. The van der Waals surface area contributed by atoms with Gasteiger partial charge in [-0.2, -0.15) is 0 Å². The van der Waals surface area contributed by atoms with E-state index in [2.05, 4.69) is 5.32 Å². The molecule has 0 saturated carbocycles. The first-order valence-electron chi connectivity index (χ1n) is 4.26. The van der Waals surface area contributed by atoms with E-state index in [1.807, 2.05) is 0 Å². The van der Waals surface area contributed by atoms with Crippen LogP contribution in [0.25, 0.3) is 0 Å². The van der Waals surface area contributed by atoms with Crippen molar-refractivity contribution in [3.8, 4) is 11.5 Å². The minimum atomic E-state index is -0.201. The number of rotatable bonds is 3. The van der Waals surface area contributed by atoms with Gasteiger partial charge in [0.05, 0.1) is 12.1 Å². The number of phenolic OH excluding ortho intramolecular Hbond substituents is 2. The lowest BCUT2D eigenvalue weighted by atomic mass is 10.1. The lowest BCUT2D eigenvalue weighted by molar-refractivity contribution is 0.0991. The van der Waals surface area contributed by atoms with Crippen molar-refractivity contribution in [2.75, 3.05) is 13.6 Å². The summed E-state index contributed by atoms with van der Waals surface area (Å²) in [6.07, 6.45) is 0. The average Bonchev–Trinajstić information content (AvgIpc) is 2.11. The molecule has 0 atom stereocenters. The quantitative estimate of drug-likeness (QED) is 0.624. The lowest BCUT2D eigenvalue weighted by Gasteiger charge is -2.06. The molecular formula is C10H13NO3. The second-order valence-electron chi connectivity index (χ2n) is 3.11. The molecule has 0 amide bonds. The van der Waals surface area contributed by atoms with E-state index in [1.54, 1.807) is 14.0 Å². The summed E-state index contributed by atoms with van der Waals surface area (Å²) in [6.45, 7) is 1.84. The molecule has 0 saturated heterocycles. The van der Waals surface area contributed by atoms with Gasteiger partial charge in [0, 0.05) is 6.07 Å². The number of benzene rings is 1. The van der Waals surface area contributed by atoms with Gasteiger partial charge >= 0.3 is 0 Å². The summed E-state index contributed by atoms with van der Waals surface area (Å²) in [5.74, 6) is -0.398. The number of carbonyl (C=O) groups excluding carboxylic acids is 1. The van der Waals surface area contributed by atoms with Gasteiger partial charge in [-0.25, -0.2) is 0 Å². The SMILES string of the molecule is CNCC(=O)c1cc(C)c(O)cc1O. The van der Waals surface area contributed by atoms with Crippen molar-refractivity contribution in [2.45, 2.75) is 6.92 Å². The molecule has 0 radical (unpaired) electrons. The largest absolute Gasteiger partial charge is 0.508 e. The zero-order chi connectivity index (χ0) is 10.7. The third kappa shape index (κ3) is 2.03. The monoisotopic (exact) mass is 195 g/mol. The maximum absolute atomic E-state index is 11.4. The number of carbonyl (C=O) groups is 1. The van der Waals surface area contributed by atoms with E-state index in [0.29, 0.717) is 5.56 Å². The highest BCUT2D eigenvalue weighted by Crippen LogP contribution is 2.26. The van der Waals surface area contributed by atoms with Crippen molar-refractivity contribution in [3.05, 3.63) is 23.3 Å². The zero-order valence-electron chi connectivity index (χ0n) is 8.16. The fraction of sp³-hybridized carbons (Fsp3) is 0.300. The minimum Gasteiger partial charge on any atom is -0.508 e. The van der Waals surface area contributed by atoms with Crippen LogP contribution < -0.4 is 5.32 Å². The zero-order valence-corrected chi connectivity index (χ0v) is 8.16. The molecule has 1 aromatic carbocycles. The van der Waals surface area contributed by atoms with Gasteiger partial charge in [-0.05, 0) is 25.6 Å². The Morgan fingerprint density at radius 2 is 2.00 bits per heavy atom.